The number of anilines is 2. The molecule has 3 fully saturated rings. The smallest absolute Gasteiger partial charge is 0.293 e. The number of pyridine rings is 1. The Morgan fingerprint density at radius 1 is 1.10 bits per heavy atom. The molecule has 4 aromatic rings. The van der Waals surface area contributed by atoms with Gasteiger partial charge in [-0.25, -0.2) is 18.2 Å². The van der Waals surface area contributed by atoms with Gasteiger partial charge in [-0.3, -0.25) is 24.5 Å². The van der Waals surface area contributed by atoms with E-state index in [9.17, 15) is 23.7 Å². The summed E-state index contributed by atoms with van der Waals surface area (Å²) in [7, 11) is 0. The zero-order valence-electron chi connectivity index (χ0n) is 33.3. The summed E-state index contributed by atoms with van der Waals surface area (Å²) < 4.78 is 56.8. The monoisotopic (exact) mass is 833 g/mol. The van der Waals surface area contributed by atoms with Gasteiger partial charge in [-0.2, -0.15) is 0 Å². The van der Waals surface area contributed by atoms with Crippen molar-refractivity contribution in [3.05, 3.63) is 87.7 Å². The van der Waals surface area contributed by atoms with Crippen molar-refractivity contribution in [2.24, 2.45) is 17.3 Å². The number of ether oxygens (including phenoxy) is 2. The highest BCUT2D eigenvalue weighted by molar-refractivity contribution is 7.98. The molecule has 2 aliphatic heterocycles. The number of benzene rings is 2. The van der Waals surface area contributed by atoms with Gasteiger partial charge in [0.15, 0.2) is 0 Å². The van der Waals surface area contributed by atoms with Crippen LogP contribution in [0.5, 0.6) is 11.5 Å². The standard InChI is InChI=1S/C43H50F3N7O5S/c1-42(2)9-7-28(35(23-42)33-22-34(33)39(44)45)25-51-13-15-52(16-14-51)29-3-5-32(38(20-29)58-30-19-27-8-12-47-40(27)48-24-30)41(54)50-59-31-4-6-36(37(21-31)53(55)56)49-26-43(46)10-17-57-18-11-43/h3-6,8,12,19-21,24,33-34,39,49H,7,9-11,13-18,22-23,25-26H2,1-2H3,(H,47,48)(H,50,54). The fourth-order valence-electron chi connectivity index (χ4n) is 8.57. The maximum Gasteiger partial charge on any atom is 0.293 e. The molecule has 12 nitrogen and oxygen atoms in total. The second-order valence-corrected chi connectivity index (χ2v) is 17.9. The van der Waals surface area contributed by atoms with Crippen LogP contribution in [-0.4, -0.2) is 90.3 Å². The number of nitro benzene ring substituents is 1. The highest BCUT2D eigenvalue weighted by Gasteiger charge is 2.48. The molecule has 0 spiro atoms. The van der Waals surface area contributed by atoms with E-state index in [0.29, 0.717) is 41.7 Å². The summed E-state index contributed by atoms with van der Waals surface area (Å²) >= 11 is 0.929. The molecule has 2 unspecified atom stereocenters. The number of fused-ring (bicyclic) bond motifs is 1. The van der Waals surface area contributed by atoms with Crippen molar-refractivity contribution < 1.29 is 32.4 Å². The summed E-state index contributed by atoms with van der Waals surface area (Å²) in [6.07, 6.45) is 5.04. The van der Waals surface area contributed by atoms with Gasteiger partial charge in [0.05, 0.1) is 16.7 Å². The van der Waals surface area contributed by atoms with Gasteiger partial charge < -0.3 is 24.7 Å². The van der Waals surface area contributed by atoms with Crippen LogP contribution < -0.4 is 19.7 Å². The molecule has 2 aliphatic carbocycles. The van der Waals surface area contributed by atoms with Crippen LogP contribution in [0.2, 0.25) is 0 Å². The van der Waals surface area contributed by atoms with Gasteiger partial charge in [-0.1, -0.05) is 25.0 Å². The van der Waals surface area contributed by atoms with Crippen LogP contribution in [0.1, 0.15) is 62.7 Å². The molecule has 59 heavy (non-hydrogen) atoms. The summed E-state index contributed by atoms with van der Waals surface area (Å²) in [5.41, 5.74) is 3.04. The maximum absolute atomic E-state index is 15.2. The first-order valence-electron chi connectivity index (χ1n) is 20.3. The molecule has 8 rings (SSSR count). The van der Waals surface area contributed by atoms with E-state index in [4.69, 9.17) is 9.47 Å². The summed E-state index contributed by atoms with van der Waals surface area (Å²) in [5.74, 6) is -0.185. The van der Waals surface area contributed by atoms with Gasteiger partial charge in [0.2, 0.25) is 6.43 Å². The van der Waals surface area contributed by atoms with E-state index in [0.717, 1.165) is 75.0 Å². The van der Waals surface area contributed by atoms with Crippen LogP contribution in [0, 0.1) is 27.4 Å². The van der Waals surface area contributed by atoms with Gasteiger partial charge in [0.25, 0.3) is 11.6 Å². The van der Waals surface area contributed by atoms with E-state index in [1.165, 1.54) is 23.3 Å². The lowest BCUT2D eigenvalue weighted by atomic mass is 9.72. The Morgan fingerprint density at radius 2 is 1.90 bits per heavy atom. The molecule has 4 aliphatic rings. The average Bonchev–Trinajstić information content (AvgIpc) is 3.90. The van der Waals surface area contributed by atoms with E-state index >= 15 is 4.39 Å². The number of rotatable bonds is 14. The Morgan fingerprint density at radius 3 is 2.64 bits per heavy atom. The average molecular weight is 834 g/mol. The fourth-order valence-corrected chi connectivity index (χ4v) is 9.19. The van der Waals surface area contributed by atoms with Gasteiger partial charge in [-0.05, 0) is 85.4 Å². The molecular formula is C43H50F3N7O5S. The molecule has 2 saturated heterocycles. The maximum atomic E-state index is 15.2. The first-order chi connectivity index (χ1) is 28.3. The van der Waals surface area contributed by atoms with Crippen molar-refractivity contribution in [1.29, 1.82) is 0 Å². The second-order valence-electron chi connectivity index (χ2n) is 17.0. The van der Waals surface area contributed by atoms with E-state index in [1.54, 1.807) is 24.5 Å². The number of piperazine rings is 1. The molecule has 2 atom stereocenters. The fraction of sp³-hybridized carbons (Fsp3) is 0.488. The van der Waals surface area contributed by atoms with Crippen molar-refractivity contribution in [3.8, 4) is 11.5 Å². The van der Waals surface area contributed by atoms with Crippen molar-refractivity contribution in [3.63, 3.8) is 0 Å². The molecule has 0 bridgehead atoms. The van der Waals surface area contributed by atoms with Gasteiger partial charge >= 0.3 is 0 Å². The predicted molar refractivity (Wildman–Crippen MR) is 222 cm³/mol. The lowest BCUT2D eigenvalue weighted by molar-refractivity contribution is -0.384. The summed E-state index contributed by atoms with van der Waals surface area (Å²) in [5, 5.41) is 15.8. The highest BCUT2D eigenvalue weighted by atomic mass is 32.2. The number of amides is 1. The number of halogens is 3. The lowest BCUT2D eigenvalue weighted by Gasteiger charge is -2.39. The van der Waals surface area contributed by atoms with Gasteiger partial charge in [-0.15, -0.1) is 0 Å². The quantitative estimate of drug-likeness (QED) is 0.0488. The number of aromatic nitrogens is 2. The third-order valence-electron chi connectivity index (χ3n) is 12.2. The molecule has 16 heteroatoms. The van der Waals surface area contributed by atoms with Crippen LogP contribution in [0.4, 0.5) is 30.2 Å². The molecule has 3 N–H and O–H groups in total. The minimum absolute atomic E-state index is 0.0201. The largest absolute Gasteiger partial charge is 0.455 e. The van der Waals surface area contributed by atoms with E-state index in [-0.39, 0.29) is 47.7 Å². The Balaban J connectivity index is 0.959. The number of hydrogen-bond donors (Lipinski definition) is 3. The first kappa shape index (κ1) is 41.0. The van der Waals surface area contributed by atoms with Crippen LogP contribution in [0.15, 0.2) is 77.0 Å². The number of allylic oxidation sites excluding steroid dienone is 1. The lowest BCUT2D eigenvalue weighted by Crippen LogP contribution is -2.47. The van der Waals surface area contributed by atoms with E-state index in [2.05, 4.69) is 43.7 Å². The summed E-state index contributed by atoms with van der Waals surface area (Å²) in [4.78, 5) is 37.9. The molecule has 1 saturated carbocycles. The molecule has 1 amide bonds. The normalized spacial score (nSPS) is 21.8. The molecule has 4 heterocycles. The van der Waals surface area contributed by atoms with Crippen LogP contribution >= 0.6 is 11.9 Å². The third kappa shape index (κ3) is 9.65. The first-order valence-corrected chi connectivity index (χ1v) is 21.1. The number of carbonyl (C=O) groups is 1. The number of H-pyrrole nitrogens is 1. The molecular weight excluding hydrogens is 784 g/mol. The number of nitrogens with zero attached hydrogens (tertiary/aromatic N) is 4. The van der Waals surface area contributed by atoms with Gasteiger partial charge in [0, 0.05) is 106 Å². The number of carbonyl (C=O) groups excluding carboxylic acids is 1. The van der Waals surface area contributed by atoms with Crippen LogP contribution in [0.25, 0.3) is 11.0 Å². The SMILES string of the molecule is CC1(C)CCC(CN2CCN(c3ccc(C(=O)NSc4ccc(NCC5(F)CCOCC5)c([N+](=O)[O-])c4)c(Oc4cnc5[nH]ccc5c4)c3)CC2)=C(C2CC2C(F)F)C1. The van der Waals surface area contributed by atoms with Crippen molar-refractivity contribution >= 4 is 46.0 Å². The molecule has 314 valence electrons. The topological polar surface area (TPSA) is 138 Å². The highest BCUT2D eigenvalue weighted by Crippen LogP contribution is 2.54. The van der Waals surface area contributed by atoms with E-state index in [1.807, 2.05) is 24.3 Å². The number of hydrogen-bond acceptors (Lipinski definition) is 10. The minimum Gasteiger partial charge on any atom is -0.455 e. The zero-order valence-corrected chi connectivity index (χ0v) is 34.1. The van der Waals surface area contributed by atoms with Gasteiger partial charge in [0.1, 0.15) is 28.5 Å². The van der Waals surface area contributed by atoms with Crippen molar-refractivity contribution in [2.75, 3.05) is 62.7 Å². The number of nitro groups is 1. The Bertz CT molecular complexity index is 2220. The summed E-state index contributed by atoms with van der Waals surface area (Å²) in [6.45, 7) is 8.90. The van der Waals surface area contributed by atoms with Crippen LogP contribution in [0.3, 0.4) is 0 Å². The van der Waals surface area contributed by atoms with Crippen LogP contribution in [-0.2, 0) is 4.74 Å². The second kappa shape index (κ2) is 17.1. The zero-order chi connectivity index (χ0) is 41.3. The Hall–Kier alpha value is -4.80. The number of aromatic amines is 1. The minimum atomic E-state index is -2.26. The third-order valence-corrected chi connectivity index (χ3v) is 13.0. The molecule has 2 aromatic carbocycles. The number of nitrogens with one attached hydrogen (secondary N) is 3. The molecule has 0 radical (unpaired) electrons. The van der Waals surface area contributed by atoms with Crippen molar-refractivity contribution in [1.82, 2.24) is 19.6 Å². The molecule has 2 aromatic heterocycles. The van der Waals surface area contributed by atoms with Crippen molar-refractivity contribution in [2.45, 2.75) is 69.4 Å². The predicted octanol–water partition coefficient (Wildman–Crippen LogP) is 9.16. The Kier molecular flexibility index (Phi) is 11.8. The summed E-state index contributed by atoms with van der Waals surface area (Å²) in [6, 6.07) is 13.7. The van der Waals surface area contributed by atoms with E-state index < -0.39 is 28.8 Å². The Labute approximate surface area is 345 Å². The number of alkyl halides is 3.